The van der Waals surface area contributed by atoms with Gasteiger partial charge >= 0.3 is 6.09 Å². The molecule has 0 aromatic heterocycles. The molecule has 0 heterocycles. The Hall–Kier alpha value is -3.73. The summed E-state index contributed by atoms with van der Waals surface area (Å²) in [6.45, 7) is 3.67. The number of amides is 2. The highest BCUT2D eigenvalue weighted by Crippen LogP contribution is 2.29. The summed E-state index contributed by atoms with van der Waals surface area (Å²) in [7, 11) is 0. The normalized spacial score (nSPS) is 12.6. The third-order valence-corrected chi connectivity index (χ3v) is 5.06. The lowest BCUT2D eigenvalue weighted by atomic mass is 10.00. The number of anilines is 1. The Morgan fingerprint density at radius 1 is 1.06 bits per heavy atom. The van der Waals surface area contributed by atoms with Crippen molar-refractivity contribution in [3.63, 3.8) is 0 Å². The molecule has 0 unspecified atom stereocenters. The van der Waals surface area contributed by atoms with Crippen LogP contribution < -0.4 is 15.5 Å². The van der Waals surface area contributed by atoms with Crippen LogP contribution >= 0.6 is 0 Å². The summed E-state index contributed by atoms with van der Waals surface area (Å²) in [6, 6.07) is 13.3. The van der Waals surface area contributed by atoms with Crippen molar-refractivity contribution >= 4 is 23.5 Å². The minimum absolute atomic E-state index is 0.0827. The van der Waals surface area contributed by atoms with Crippen molar-refractivity contribution in [2.24, 2.45) is 0 Å². The Morgan fingerprint density at radius 2 is 1.75 bits per heavy atom. The van der Waals surface area contributed by atoms with E-state index >= 15 is 0 Å². The maximum absolute atomic E-state index is 12.8. The van der Waals surface area contributed by atoms with E-state index in [-0.39, 0.29) is 19.0 Å². The van der Waals surface area contributed by atoms with Crippen molar-refractivity contribution in [3.05, 3.63) is 71.8 Å². The van der Waals surface area contributed by atoms with E-state index in [9.17, 15) is 14.4 Å². The Morgan fingerprint density at radius 3 is 2.33 bits per heavy atom. The Labute approximate surface area is 209 Å². The number of carbonyl (C=O) groups excluding carboxylic acids is 3. The van der Waals surface area contributed by atoms with Crippen molar-refractivity contribution < 1.29 is 38.9 Å². The fraction of sp³-hybridized carbons (Fsp3) is 0.346. The van der Waals surface area contributed by atoms with Gasteiger partial charge in [0.1, 0.15) is 12.4 Å². The molecule has 10 nitrogen and oxygen atoms in total. The number of aliphatic hydroxyl groups excluding tert-OH is 1. The van der Waals surface area contributed by atoms with E-state index in [0.717, 1.165) is 0 Å². The lowest BCUT2D eigenvalue weighted by Gasteiger charge is -2.27. The van der Waals surface area contributed by atoms with Crippen LogP contribution in [-0.4, -0.2) is 54.0 Å². The van der Waals surface area contributed by atoms with Crippen LogP contribution in [0.15, 0.2) is 60.7 Å². The highest BCUT2D eigenvalue weighted by molar-refractivity contribution is 5.95. The van der Waals surface area contributed by atoms with Gasteiger partial charge in [0.15, 0.2) is 11.9 Å². The van der Waals surface area contributed by atoms with Gasteiger partial charge in [0.05, 0.1) is 12.7 Å². The predicted molar refractivity (Wildman–Crippen MR) is 132 cm³/mol. The summed E-state index contributed by atoms with van der Waals surface area (Å²) in [6.07, 6.45) is 1.55. The number of hydrogen-bond donors (Lipinski definition) is 4. The third kappa shape index (κ3) is 9.49. The van der Waals surface area contributed by atoms with Crippen molar-refractivity contribution in [1.82, 2.24) is 5.48 Å². The van der Waals surface area contributed by atoms with Crippen LogP contribution in [0.5, 0.6) is 5.75 Å². The number of allylic oxidation sites excluding steroid dienone is 1. The monoisotopic (exact) mass is 500 g/mol. The van der Waals surface area contributed by atoms with Gasteiger partial charge in [-0.05, 0) is 68.7 Å². The fourth-order valence-corrected chi connectivity index (χ4v) is 3.35. The first-order valence-electron chi connectivity index (χ1n) is 11.5. The molecule has 2 aromatic carbocycles. The zero-order chi connectivity index (χ0) is 26.3. The van der Waals surface area contributed by atoms with Crippen LogP contribution in [-0.2, 0) is 14.3 Å². The molecular formula is C26H32N2O8. The molecule has 0 aliphatic carbocycles. The van der Waals surface area contributed by atoms with Gasteiger partial charge in [0.2, 0.25) is 0 Å². The lowest BCUT2D eigenvalue weighted by Crippen LogP contribution is -2.29. The SMILES string of the molecule is CCO[C@H](CC/C=C/C(=O)NO)[C@H](OC(=O)Nc1ccc(C(C)=O)cc1)c1ccc(OCCO)cc1. The second kappa shape index (κ2) is 15.3. The van der Waals surface area contributed by atoms with Gasteiger partial charge in [0.25, 0.3) is 5.91 Å². The number of hydroxylamine groups is 1. The Balaban J connectivity index is 2.21. The van der Waals surface area contributed by atoms with Gasteiger partial charge in [-0.3, -0.25) is 20.1 Å². The summed E-state index contributed by atoms with van der Waals surface area (Å²) >= 11 is 0. The van der Waals surface area contributed by atoms with Crippen molar-refractivity contribution in [3.8, 4) is 5.75 Å². The minimum Gasteiger partial charge on any atom is -0.491 e. The highest BCUT2D eigenvalue weighted by atomic mass is 16.6. The number of aliphatic hydroxyl groups is 1. The lowest BCUT2D eigenvalue weighted by molar-refractivity contribution is -0.124. The molecule has 0 saturated heterocycles. The van der Waals surface area contributed by atoms with E-state index < -0.39 is 24.2 Å². The summed E-state index contributed by atoms with van der Waals surface area (Å²) in [5.41, 5.74) is 3.16. The van der Waals surface area contributed by atoms with Gasteiger partial charge in [-0.1, -0.05) is 18.2 Å². The molecule has 194 valence electrons. The number of hydrogen-bond acceptors (Lipinski definition) is 8. The first kappa shape index (κ1) is 28.5. The van der Waals surface area contributed by atoms with E-state index in [1.807, 2.05) is 6.92 Å². The molecule has 0 fully saturated rings. The quantitative estimate of drug-likeness (QED) is 0.133. The number of carbonyl (C=O) groups is 3. The minimum atomic E-state index is -0.798. The Bertz CT molecular complexity index is 1010. The predicted octanol–water partition coefficient (Wildman–Crippen LogP) is 3.80. The number of benzene rings is 2. The first-order valence-corrected chi connectivity index (χ1v) is 11.5. The summed E-state index contributed by atoms with van der Waals surface area (Å²) in [4.78, 5) is 35.5. The van der Waals surface area contributed by atoms with E-state index in [4.69, 9.17) is 24.5 Å². The largest absolute Gasteiger partial charge is 0.491 e. The second-order valence-electron chi connectivity index (χ2n) is 7.68. The number of ether oxygens (including phenoxy) is 3. The van der Waals surface area contributed by atoms with E-state index in [1.54, 1.807) is 54.6 Å². The summed E-state index contributed by atoms with van der Waals surface area (Å²) in [5, 5.41) is 20.2. The van der Waals surface area contributed by atoms with E-state index in [0.29, 0.717) is 42.0 Å². The molecule has 10 heteroatoms. The van der Waals surface area contributed by atoms with Crippen LogP contribution in [0.4, 0.5) is 10.5 Å². The van der Waals surface area contributed by atoms with Gasteiger partial charge in [-0.15, -0.1) is 0 Å². The zero-order valence-electron chi connectivity index (χ0n) is 20.3. The molecule has 2 atom stereocenters. The summed E-state index contributed by atoms with van der Waals surface area (Å²) in [5.74, 6) is -0.183. The maximum Gasteiger partial charge on any atom is 0.412 e. The average molecular weight is 501 g/mol. The standard InChI is InChI=1S/C26H32N2O8/c1-3-34-23(6-4-5-7-24(31)28-33)25(20-10-14-22(15-11-20)35-17-16-29)36-26(32)27-21-12-8-19(9-13-21)18(2)30/h5,7-15,23,25,29,33H,3-4,6,16-17H2,1-2H3,(H,27,32)(H,28,31)/b7-5+/t23-,25-/m1/s1. The maximum atomic E-state index is 12.8. The molecule has 0 aliphatic heterocycles. The molecule has 0 bridgehead atoms. The van der Waals surface area contributed by atoms with Crippen LogP contribution in [0, 0.1) is 0 Å². The van der Waals surface area contributed by atoms with Crippen molar-refractivity contribution in [2.75, 3.05) is 25.1 Å². The number of Topliss-reactive ketones (excluding diaryl/α,β-unsaturated/α-hetero) is 1. The van der Waals surface area contributed by atoms with Crippen LogP contribution in [0.1, 0.15) is 48.7 Å². The molecule has 0 radical (unpaired) electrons. The van der Waals surface area contributed by atoms with Gasteiger partial charge in [-0.2, -0.15) is 0 Å². The topological polar surface area (TPSA) is 143 Å². The third-order valence-electron chi connectivity index (χ3n) is 5.06. The van der Waals surface area contributed by atoms with E-state index in [1.165, 1.54) is 18.5 Å². The Kier molecular flexibility index (Phi) is 12.1. The average Bonchev–Trinajstić information content (AvgIpc) is 2.88. The summed E-state index contributed by atoms with van der Waals surface area (Å²) < 4.78 is 17.1. The molecule has 2 amide bonds. The molecular weight excluding hydrogens is 468 g/mol. The highest BCUT2D eigenvalue weighted by Gasteiger charge is 2.27. The fourth-order valence-electron chi connectivity index (χ4n) is 3.35. The van der Waals surface area contributed by atoms with Crippen LogP contribution in [0.25, 0.3) is 0 Å². The van der Waals surface area contributed by atoms with Crippen LogP contribution in [0.3, 0.4) is 0 Å². The molecule has 2 rings (SSSR count). The smallest absolute Gasteiger partial charge is 0.412 e. The molecule has 4 N–H and O–H groups in total. The van der Waals surface area contributed by atoms with Gasteiger partial charge in [-0.25, -0.2) is 10.3 Å². The van der Waals surface area contributed by atoms with E-state index in [2.05, 4.69) is 5.32 Å². The van der Waals surface area contributed by atoms with Crippen LogP contribution in [0.2, 0.25) is 0 Å². The molecule has 0 spiro atoms. The van der Waals surface area contributed by atoms with Crippen molar-refractivity contribution in [1.29, 1.82) is 0 Å². The molecule has 36 heavy (non-hydrogen) atoms. The number of rotatable bonds is 14. The molecule has 2 aromatic rings. The number of ketones is 1. The zero-order valence-corrected chi connectivity index (χ0v) is 20.3. The first-order chi connectivity index (χ1) is 17.4. The van der Waals surface area contributed by atoms with Crippen molar-refractivity contribution in [2.45, 2.75) is 38.9 Å². The number of nitrogens with one attached hydrogen (secondary N) is 2. The van der Waals surface area contributed by atoms with Gasteiger partial charge < -0.3 is 19.3 Å². The second-order valence-corrected chi connectivity index (χ2v) is 7.68. The molecule has 0 saturated carbocycles. The molecule has 0 aliphatic rings. The van der Waals surface area contributed by atoms with Gasteiger partial charge in [0, 0.05) is 23.9 Å².